The summed E-state index contributed by atoms with van der Waals surface area (Å²) in [7, 11) is 0. The molecule has 18 heteroatoms. The van der Waals surface area contributed by atoms with E-state index in [9.17, 15) is 45.8 Å². The molecule has 0 bridgehead atoms. The lowest BCUT2D eigenvalue weighted by atomic mass is 9.93. The number of alkyl halides is 6. The van der Waals surface area contributed by atoms with Crippen molar-refractivity contribution in [2.24, 2.45) is 0 Å². The van der Waals surface area contributed by atoms with Gasteiger partial charge in [0.05, 0.1) is 60.3 Å². The summed E-state index contributed by atoms with van der Waals surface area (Å²) >= 11 is 0. The molecular formula is C33H35F6N5O7. The number of aromatic carboxylic acids is 1. The van der Waals surface area contributed by atoms with Crippen molar-refractivity contribution in [3.63, 3.8) is 0 Å². The maximum Gasteiger partial charge on any atom is 0.416 e. The highest BCUT2D eigenvalue weighted by Gasteiger charge is 2.39. The molecule has 3 aromatic rings. The van der Waals surface area contributed by atoms with Gasteiger partial charge in [-0.05, 0) is 69.0 Å². The summed E-state index contributed by atoms with van der Waals surface area (Å²) in [6.07, 6.45) is -9.42. The van der Waals surface area contributed by atoms with Gasteiger partial charge in [0.15, 0.2) is 5.75 Å². The van der Waals surface area contributed by atoms with Crippen LogP contribution in [0.1, 0.15) is 91.1 Å². The molecule has 2 atom stereocenters. The van der Waals surface area contributed by atoms with Crippen molar-refractivity contribution in [1.82, 2.24) is 15.0 Å². The number of carbonyl (C=O) groups is 3. The van der Waals surface area contributed by atoms with E-state index in [-0.39, 0.29) is 85.2 Å². The molecular weight excluding hydrogens is 692 g/mol. The fourth-order valence-corrected chi connectivity index (χ4v) is 5.47. The third kappa shape index (κ3) is 9.76. The highest BCUT2D eigenvalue weighted by Crippen LogP contribution is 2.40. The Bertz CT molecular complexity index is 1700. The molecule has 1 aliphatic heterocycles. The van der Waals surface area contributed by atoms with Crippen LogP contribution in [0.25, 0.3) is 0 Å². The van der Waals surface area contributed by atoms with Gasteiger partial charge in [-0.3, -0.25) is 9.69 Å². The first-order valence-corrected chi connectivity index (χ1v) is 15.9. The molecule has 0 unspecified atom stereocenters. The zero-order valence-corrected chi connectivity index (χ0v) is 27.7. The second-order valence-electron chi connectivity index (χ2n) is 11.3. The third-order valence-corrected chi connectivity index (χ3v) is 7.76. The van der Waals surface area contributed by atoms with E-state index >= 15 is 0 Å². The number of carboxylic acid groups (broad SMARTS) is 1. The van der Waals surface area contributed by atoms with Gasteiger partial charge >= 0.3 is 30.4 Å². The van der Waals surface area contributed by atoms with Crippen LogP contribution in [0.3, 0.4) is 0 Å². The molecule has 2 aromatic heterocycles. The molecule has 0 saturated carbocycles. The van der Waals surface area contributed by atoms with Crippen LogP contribution in [0.2, 0.25) is 0 Å². The minimum atomic E-state index is -5.08. The standard InChI is InChI=1S/C33H35F6N5O7/c1-4-21-16-24(28-25(44(21)31(48)50-6-3)10-9-22(41-28)29(46)47)43-30-40-17-26(51-11-7-8-27(45)49-5-2)23(42-30)14-18-12-19(32(34,35)36)15-20(13-18)33(37,38)39/h9-10,12-13,15,17,21,24H,4-8,11,14,16H2,1-3H3,(H,46,47)(H,40,42,43)/t21-,24+/m1/s1. The van der Waals surface area contributed by atoms with Crippen LogP contribution < -0.4 is 15.0 Å². The molecule has 1 aromatic carbocycles. The molecule has 0 aliphatic carbocycles. The van der Waals surface area contributed by atoms with Crippen LogP contribution in [0.15, 0.2) is 36.5 Å². The molecule has 2 N–H and O–H groups in total. The lowest BCUT2D eigenvalue weighted by Crippen LogP contribution is -2.46. The number of nitrogens with one attached hydrogen (secondary N) is 1. The van der Waals surface area contributed by atoms with Crippen molar-refractivity contribution >= 4 is 29.7 Å². The number of carbonyl (C=O) groups excluding carboxylic acids is 2. The highest BCUT2D eigenvalue weighted by atomic mass is 19.4. The summed E-state index contributed by atoms with van der Waals surface area (Å²) in [6.45, 7) is 5.25. The first-order valence-electron chi connectivity index (χ1n) is 15.9. The normalized spacial score (nSPS) is 15.9. The van der Waals surface area contributed by atoms with Gasteiger partial charge in [-0.15, -0.1) is 0 Å². The first kappa shape index (κ1) is 38.6. The van der Waals surface area contributed by atoms with Crippen LogP contribution in [0.4, 0.5) is 42.8 Å². The highest BCUT2D eigenvalue weighted by molar-refractivity contribution is 5.91. The van der Waals surface area contributed by atoms with Crippen molar-refractivity contribution in [3.8, 4) is 5.75 Å². The predicted octanol–water partition coefficient (Wildman–Crippen LogP) is 7.22. The summed E-state index contributed by atoms with van der Waals surface area (Å²) in [5, 5.41) is 12.7. The largest absolute Gasteiger partial charge is 0.490 e. The van der Waals surface area contributed by atoms with Crippen molar-refractivity contribution in [3.05, 3.63) is 70.3 Å². The number of amides is 1. The summed E-state index contributed by atoms with van der Waals surface area (Å²) in [6, 6.07) is 2.58. The Hall–Kier alpha value is -5.16. The number of ether oxygens (including phenoxy) is 3. The lowest BCUT2D eigenvalue weighted by molar-refractivity contribution is -0.144. The second kappa shape index (κ2) is 16.2. The van der Waals surface area contributed by atoms with Gasteiger partial charge in [-0.1, -0.05) is 6.92 Å². The number of fused-ring (bicyclic) bond motifs is 1. The number of esters is 1. The quantitative estimate of drug-likeness (QED) is 0.104. The zero-order valence-electron chi connectivity index (χ0n) is 27.7. The average molecular weight is 728 g/mol. The van der Waals surface area contributed by atoms with Crippen LogP contribution in [-0.2, 0) is 33.0 Å². The van der Waals surface area contributed by atoms with Gasteiger partial charge < -0.3 is 24.6 Å². The van der Waals surface area contributed by atoms with E-state index in [2.05, 4.69) is 20.3 Å². The van der Waals surface area contributed by atoms with Crippen LogP contribution in [0, 0.1) is 0 Å². The monoisotopic (exact) mass is 727 g/mol. The minimum Gasteiger partial charge on any atom is -0.490 e. The molecule has 12 nitrogen and oxygen atoms in total. The van der Waals surface area contributed by atoms with Gasteiger partial charge in [-0.25, -0.2) is 24.5 Å². The predicted molar refractivity (Wildman–Crippen MR) is 168 cm³/mol. The van der Waals surface area contributed by atoms with Gasteiger partial charge in [0, 0.05) is 18.9 Å². The molecule has 276 valence electrons. The Kier molecular flexibility index (Phi) is 12.3. The number of rotatable bonds is 13. The fraction of sp³-hybridized carbons (Fsp3) is 0.455. The summed E-state index contributed by atoms with van der Waals surface area (Å²) in [4.78, 5) is 50.8. The number of pyridine rings is 1. The lowest BCUT2D eigenvalue weighted by Gasteiger charge is -2.39. The van der Waals surface area contributed by atoms with E-state index in [1.807, 2.05) is 6.92 Å². The molecule has 0 fully saturated rings. The van der Waals surface area contributed by atoms with Crippen molar-refractivity contribution in [2.45, 2.75) is 77.3 Å². The third-order valence-electron chi connectivity index (χ3n) is 7.76. The van der Waals surface area contributed by atoms with Gasteiger partial charge in [0.25, 0.3) is 0 Å². The Morgan fingerprint density at radius 2 is 1.63 bits per heavy atom. The van der Waals surface area contributed by atoms with E-state index in [4.69, 9.17) is 14.2 Å². The molecule has 51 heavy (non-hydrogen) atoms. The number of carboxylic acids is 1. The molecule has 1 aliphatic rings. The Morgan fingerprint density at radius 3 is 2.22 bits per heavy atom. The summed E-state index contributed by atoms with van der Waals surface area (Å²) in [5.74, 6) is -2.02. The van der Waals surface area contributed by atoms with E-state index in [0.29, 0.717) is 18.6 Å². The topological polar surface area (TPSA) is 153 Å². The zero-order chi connectivity index (χ0) is 37.5. The number of benzene rings is 1. The van der Waals surface area contributed by atoms with E-state index in [0.717, 1.165) is 0 Å². The van der Waals surface area contributed by atoms with Crippen LogP contribution in [0.5, 0.6) is 5.75 Å². The Labute approximate surface area is 288 Å². The van der Waals surface area contributed by atoms with Gasteiger partial charge in [0.2, 0.25) is 5.95 Å². The minimum absolute atomic E-state index is 0.0138. The Balaban J connectivity index is 1.75. The maximum absolute atomic E-state index is 13.6. The molecule has 3 heterocycles. The molecule has 4 rings (SSSR count). The van der Waals surface area contributed by atoms with Crippen molar-refractivity contribution in [1.29, 1.82) is 0 Å². The summed E-state index contributed by atoms with van der Waals surface area (Å²) < 4.78 is 97.7. The number of hydrogen-bond donors (Lipinski definition) is 2. The number of hydrogen-bond acceptors (Lipinski definition) is 10. The number of halogens is 6. The van der Waals surface area contributed by atoms with E-state index < -0.39 is 60.0 Å². The SMILES string of the molecule is CCOC(=O)CCCOc1cnc(N[C@H]2C[C@@H](CC)N(C(=O)OCC)c3ccc(C(=O)O)nc32)nc1Cc1cc(C(F)(F)F)cc(C(F)(F)F)c1. The Morgan fingerprint density at radius 1 is 0.961 bits per heavy atom. The molecule has 0 radical (unpaired) electrons. The molecule has 1 amide bonds. The summed E-state index contributed by atoms with van der Waals surface area (Å²) in [5.41, 5.74) is -3.38. The van der Waals surface area contributed by atoms with Crippen LogP contribution >= 0.6 is 0 Å². The van der Waals surface area contributed by atoms with E-state index in [1.54, 1.807) is 13.8 Å². The van der Waals surface area contributed by atoms with Crippen molar-refractivity contribution in [2.75, 3.05) is 30.0 Å². The number of anilines is 2. The van der Waals surface area contributed by atoms with Crippen LogP contribution in [-0.4, -0.2) is 64.0 Å². The van der Waals surface area contributed by atoms with Gasteiger partial charge in [-0.2, -0.15) is 26.3 Å². The average Bonchev–Trinajstić information content (AvgIpc) is 3.06. The number of aromatic nitrogens is 3. The molecule has 0 saturated heterocycles. The maximum atomic E-state index is 13.6. The number of nitrogens with zero attached hydrogens (tertiary/aromatic N) is 4. The smallest absolute Gasteiger partial charge is 0.416 e. The fourth-order valence-electron chi connectivity index (χ4n) is 5.47. The molecule has 0 spiro atoms. The van der Waals surface area contributed by atoms with Gasteiger partial charge in [0.1, 0.15) is 5.69 Å². The van der Waals surface area contributed by atoms with E-state index in [1.165, 1.54) is 23.2 Å². The second-order valence-corrected chi connectivity index (χ2v) is 11.3. The van der Waals surface area contributed by atoms with Crippen molar-refractivity contribution < 1.29 is 60.0 Å². The first-order chi connectivity index (χ1) is 24.0.